The molecular formula is C58H88N2O4. The van der Waals surface area contributed by atoms with Gasteiger partial charge in [0.05, 0.1) is 26.0 Å². The van der Waals surface area contributed by atoms with Gasteiger partial charge in [-0.2, -0.15) is 5.10 Å². The van der Waals surface area contributed by atoms with Gasteiger partial charge in [0.15, 0.2) is 11.5 Å². The van der Waals surface area contributed by atoms with Crippen LogP contribution in [0.25, 0.3) is 21.5 Å². The van der Waals surface area contributed by atoms with Crippen LogP contribution in [0, 0.1) is 0 Å². The van der Waals surface area contributed by atoms with Crippen molar-refractivity contribution in [3.8, 4) is 17.2 Å². The third-order valence-corrected chi connectivity index (χ3v) is 12.7. The summed E-state index contributed by atoms with van der Waals surface area (Å²) in [6.07, 6.45) is 39.7. The first-order valence-electron chi connectivity index (χ1n) is 26.5. The lowest BCUT2D eigenvalue weighted by molar-refractivity contribution is 0.0954. The molecule has 0 saturated carbocycles. The Bertz CT molecular complexity index is 1750. The second-order valence-electron chi connectivity index (χ2n) is 18.3. The van der Waals surface area contributed by atoms with Gasteiger partial charge in [-0.1, -0.05) is 243 Å². The summed E-state index contributed by atoms with van der Waals surface area (Å²) in [5.41, 5.74) is 4.27. The van der Waals surface area contributed by atoms with Crippen molar-refractivity contribution < 1.29 is 19.0 Å². The summed E-state index contributed by atoms with van der Waals surface area (Å²) in [5.74, 6) is 1.47. The van der Waals surface area contributed by atoms with E-state index < -0.39 is 0 Å². The highest BCUT2D eigenvalue weighted by molar-refractivity contribution is 6.13. The fraction of sp³-hybridized carbons (Fsp3) is 0.621. The van der Waals surface area contributed by atoms with Gasteiger partial charge in [0.2, 0.25) is 5.75 Å². The molecule has 1 amide bonds. The Kier molecular flexibility index (Phi) is 28.2. The Morgan fingerprint density at radius 3 is 1.19 bits per heavy atom. The van der Waals surface area contributed by atoms with E-state index in [1.807, 2.05) is 24.3 Å². The van der Waals surface area contributed by atoms with Gasteiger partial charge >= 0.3 is 0 Å². The lowest BCUT2D eigenvalue weighted by Gasteiger charge is -2.19. The maximum atomic E-state index is 14.0. The zero-order valence-corrected chi connectivity index (χ0v) is 40.8. The molecule has 0 bridgehead atoms. The van der Waals surface area contributed by atoms with Crippen molar-refractivity contribution in [2.75, 3.05) is 19.8 Å². The van der Waals surface area contributed by atoms with Crippen LogP contribution < -0.4 is 19.6 Å². The number of amides is 1. The third kappa shape index (κ3) is 20.8. The van der Waals surface area contributed by atoms with Gasteiger partial charge in [0, 0.05) is 11.1 Å². The number of carbonyl (C=O) groups is 1. The number of hydrogen-bond donors (Lipinski definition) is 1. The summed E-state index contributed by atoms with van der Waals surface area (Å²) in [6.45, 7) is 8.56. The van der Waals surface area contributed by atoms with E-state index in [0.29, 0.717) is 42.6 Å². The van der Waals surface area contributed by atoms with Gasteiger partial charge in [-0.25, -0.2) is 5.43 Å². The zero-order chi connectivity index (χ0) is 45.1. The largest absolute Gasteiger partial charge is 0.490 e. The van der Waals surface area contributed by atoms with Gasteiger partial charge in [-0.15, -0.1) is 0 Å². The first-order valence-corrected chi connectivity index (χ1v) is 26.5. The molecule has 0 aliphatic carbocycles. The van der Waals surface area contributed by atoms with Crippen molar-refractivity contribution in [3.63, 3.8) is 0 Å². The summed E-state index contributed by atoms with van der Waals surface area (Å²) in [6, 6.07) is 22.5. The number of benzene rings is 4. The Morgan fingerprint density at radius 1 is 0.453 bits per heavy atom. The van der Waals surface area contributed by atoms with Crippen molar-refractivity contribution >= 4 is 33.7 Å². The molecule has 0 atom stereocenters. The van der Waals surface area contributed by atoms with Crippen LogP contribution in [0.5, 0.6) is 17.2 Å². The van der Waals surface area contributed by atoms with Crippen molar-refractivity contribution in [2.45, 2.75) is 213 Å². The fourth-order valence-electron chi connectivity index (χ4n) is 8.78. The number of ether oxygens (including phenoxy) is 3. The van der Waals surface area contributed by atoms with E-state index >= 15 is 0 Å². The van der Waals surface area contributed by atoms with E-state index in [-0.39, 0.29) is 5.91 Å². The van der Waals surface area contributed by atoms with Gasteiger partial charge in [-0.05, 0) is 59.0 Å². The first kappa shape index (κ1) is 52.6. The maximum absolute atomic E-state index is 14.0. The molecule has 6 nitrogen and oxygen atoms in total. The van der Waals surface area contributed by atoms with Crippen LogP contribution in [0.4, 0.5) is 0 Å². The lowest BCUT2D eigenvalue weighted by atomic mass is 9.97. The van der Waals surface area contributed by atoms with E-state index in [2.05, 4.69) is 73.8 Å². The zero-order valence-electron chi connectivity index (χ0n) is 40.8. The summed E-state index contributed by atoms with van der Waals surface area (Å²) < 4.78 is 19.7. The minimum absolute atomic E-state index is 0.311. The number of carbonyl (C=O) groups excluding carboxylic acids is 1. The minimum Gasteiger partial charge on any atom is -0.490 e. The molecule has 0 fully saturated rings. The molecule has 0 aliphatic heterocycles. The normalized spacial score (nSPS) is 11.5. The van der Waals surface area contributed by atoms with E-state index in [9.17, 15) is 4.79 Å². The molecule has 0 spiro atoms. The fourth-order valence-corrected chi connectivity index (χ4v) is 8.78. The highest BCUT2D eigenvalue weighted by Gasteiger charge is 2.19. The van der Waals surface area contributed by atoms with Gasteiger partial charge in [0.1, 0.15) is 0 Å². The lowest BCUT2D eigenvalue weighted by Crippen LogP contribution is -2.18. The van der Waals surface area contributed by atoms with Gasteiger partial charge in [-0.3, -0.25) is 4.79 Å². The van der Waals surface area contributed by atoms with Gasteiger partial charge in [0.25, 0.3) is 5.91 Å². The first-order chi connectivity index (χ1) is 31.7. The molecule has 4 rings (SSSR count). The number of rotatable bonds is 39. The molecule has 1 N–H and O–H groups in total. The molecule has 0 aliphatic rings. The highest BCUT2D eigenvalue weighted by Crippen LogP contribution is 2.40. The molecule has 0 aromatic heterocycles. The molecule has 64 heavy (non-hydrogen) atoms. The Morgan fingerprint density at radius 2 is 0.797 bits per heavy atom. The van der Waals surface area contributed by atoms with Crippen molar-refractivity contribution in [1.82, 2.24) is 5.43 Å². The number of unbranched alkanes of at least 4 members (excludes halogenated alkanes) is 27. The highest BCUT2D eigenvalue weighted by atomic mass is 16.5. The smallest absolute Gasteiger partial charge is 0.271 e. The quantitative estimate of drug-likeness (QED) is 0.0210. The van der Waals surface area contributed by atoms with E-state index in [1.165, 1.54) is 154 Å². The molecule has 0 saturated heterocycles. The van der Waals surface area contributed by atoms with Crippen LogP contribution in [0.1, 0.15) is 229 Å². The summed E-state index contributed by atoms with van der Waals surface area (Å²) >= 11 is 0. The Labute approximate surface area is 390 Å². The topological polar surface area (TPSA) is 69.2 Å². The number of fused-ring (bicyclic) bond motifs is 2. The predicted octanol–water partition coefficient (Wildman–Crippen LogP) is 17.7. The monoisotopic (exact) mass is 877 g/mol. The molecule has 0 heterocycles. The number of nitrogens with zero attached hydrogens (tertiary/aromatic N) is 1. The molecule has 354 valence electrons. The van der Waals surface area contributed by atoms with E-state index in [0.717, 1.165) is 65.6 Å². The standard InChI is InChI=1S/C58H88N2O4/c1-4-7-10-13-16-19-22-25-28-35-42-62-55-46-51(58(61)60-59-48-54-52-40-33-31-38-49(52)45-50-39-32-34-41-53(50)54)47-56(63-43-36-29-26-23-20-17-14-11-8-5-2)57(55)64-44-37-30-27-24-21-18-15-12-9-6-3/h31-34,38-41,45-48H,4-30,35-37,42-44H2,1-3H3,(H,60,61)/b59-48-. The molecule has 0 radical (unpaired) electrons. The van der Waals surface area contributed by atoms with Crippen LogP contribution in [-0.4, -0.2) is 31.9 Å². The average Bonchev–Trinajstić information content (AvgIpc) is 3.31. The van der Waals surface area contributed by atoms with Gasteiger partial charge < -0.3 is 14.2 Å². The summed E-state index contributed by atoms with van der Waals surface area (Å²) in [5, 5.41) is 8.99. The molecule has 0 unspecified atom stereocenters. The van der Waals surface area contributed by atoms with Crippen molar-refractivity contribution in [1.29, 1.82) is 0 Å². The van der Waals surface area contributed by atoms with Crippen LogP contribution in [0.2, 0.25) is 0 Å². The van der Waals surface area contributed by atoms with Crippen molar-refractivity contribution in [3.05, 3.63) is 77.9 Å². The predicted molar refractivity (Wildman–Crippen MR) is 275 cm³/mol. The summed E-state index contributed by atoms with van der Waals surface area (Å²) in [4.78, 5) is 14.0. The van der Waals surface area contributed by atoms with Crippen LogP contribution in [0.15, 0.2) is 71.8 Å². The molecule has 6 heteroatoms. The average molecular weight is 877 g/mol. The number of hydrazone groups is 1. The molecular weight excluding hydrogens is 789 g/mol. The third-order valence-electron chi connectivity index (χ3n) is 12.7. The SMILES string of the molecule is CCCCCCCCCCCCOc1cc(C(=O)N/N=C\c2c3ccccc3cc3ccccc23)cc(OCCCCCCCCCCCC)c1OCCCCCCCCCCCC. The summed E-state index contributed by atoms with van der Waals surface area (Å²) in [7, 11) is 0. The van der Waals surface area contributed by atoms with Crippen LogP contribution >= 0.6 is 0 Å². The van der Waals surface area contributed by atoms with E-state index in [1.54, 1.807) is 6.21 Å². The minimum atomic E-state index is -0.311. The van der Waals surface area contributed by atoms with Crippen LogP contribution in [0.3, 0.4) is 0 Å². The second kappa shape index (κ2) is 34.3. The number of nitrogens with one attached hydrogen (secondary N) is 1. The molecule has 4 aromatic rings. The number of hydrogen-bond acceptors (Lipinski definition) is 5. The van der Waals surface area contributed by atoms with Crippen molar-refractivity contribution in [2.24, 2.45) is 5.10 Å². The Hall–Kier alpha value is -4.06. The van der Waals surface area contributed by atoms with E-state index in [4.69, 9.17) is 14.2 Å². The van der Waals surface area contributed by atoms with Crippen LogP contribution in [-0.2, 0) is 0 Å². The Balaban J connectivity index is 1.45. The second-order valence-corrected chi connectivity index (χ2v) is 18.3. The molecule has 4 aromatic carbocycles. The maximum Gasteiger partial charge on any atom is 0.271 e.